The fraction of sp³-hybridized carbons (Fsp3) is 0.300. The molecule has 1 aromatic carbocycles. The minimum Gasteiger partial charge on any atom is -0.477 e. The maximum absolute atomic E-state index is 12.4. The zero-order valence-corrected chi connectivity index (χ0v) is 15.2. The molecule has 3 aromatic rings. The van der Waals surface area contributed by atoms with Crippen molar-refractivity contribution in [1.82, 2.24) is 14.8 Å². The number of ether oxygens (including phenoxy) is 1. The van der Waals surface area contributed by atoms with Crippen molar-refractivity contribution in [2.75, 3.05) is 11.9 Å². The minimum atomic E-state index is -1.14. The van der Waals surface area contributed by atoms with Crippen molar-refractivity contribution in [3.05, 3.63) is 54.0 Å². The van der Waals surface area contributed by atoms with Crippen molar-refractivity contribution < 1.29 is 19.4 Å². The van der Waals surface area contributed by atoms with Gasteiger partial charge in [0.2, 0.25) is 5.91 Å². The second kappa shape index (κ2) is 7.77. The van der Waals surface area contributed by atoms with E-state index in [9.17, 15) is 9.59 Å². The van der Waals surface area contributed by atoms with Gasteiger partial charge in [0.15, 0.2) is 6.23 Å². The maximum atomic E-state index is 12.4. The second-order valence-electron chi connectivity index (χ2n) is 6.76. The van der Waals surface area contributed by atoms with Gasteiger partial charge in [0.1, 0.15) is 5.69 Å². The summed E-state index contributed by atoms with van der Waals surface area (Å²) in [6.45, 7) is 0.735. The van der Waals surface area contributed by atoms with Crippen LogP contribution in [0.3, 0.4) is 0 Å². The van der Waals surface area contributed by atoms with E-state index in [4.69, 9.17) is 9.84 Å². The van der Waals surface area contributed by atoms with Crippen LogP contribution in [0.1, 0.15) is 41.5 Å². The van der Waals surface area contributed by atoms with Crippen molar-refractivity contribution in [3.8, 4) is 0 Å². The number of carbonyl (C=O) groups excluding carboxylic acids is 1. The van der Waals surface area contributed by atoms with Gasteiger partial charge in [-0.15, -0.1) is 0 Å². The van der Waals surface area contributed by atoms with E-state index in [1.54, 1.807) is 6.07 Å². The van der Waals surface area contributed by atoms with Crippen molar-refractivity contribution in [2.24, 2.45) is 0 Å². The van der Waals surface area contributed by atoms with Crippen molar-refractivity contribution >= 4 is 28.5 Å². The van der Waals surface area contributed by atoms with E-state index in [0.29, 0.717) is 5.69 Å². The van der Waals surface area contributed by atoms with Crippen molar-refractivity contribution in [1.29, 1.82) is 0 Å². The topological polar surface area (TPSA) is 106 Å². The number of hydrogen-bond acceptors (Lipinski definition) is 5. The summed E-state index contributed by atoms with van der Waals surface area (Å²) >= 11 is 0. The fourth-order valence-electron chi connectivity index (χ4n) is 3.36. The average molecular weight is 380 g/mol. The van der Waals surface area contributed by atoms with Crippen LogP contribution in [0.4, 0.5) is 5.69 Å². The number of pyridine rings is 1. The van der Waals surface area contributed by atoms with Crippen LogP contribution in [0, 0.1) is 0 Å². The summed E-state index contributed by atoms with van der Waals surface area (Å²) in [6, 6.07) is 8.68. The van der Waals surface area contributed by atoms with Crippen LogP contribution >= 0.6 is 0 Å². The zero-order valence-electron chi connectivity index (χ0n) is 15.2. The van der Waals surface area contributed by atoms with Gasteiger partial charge in [-0.25, -0.2) is 14.5 Å². The standard InChI is InChI=1S/C20H20N4O4/c25-18(23-15-6-7-21-16(11-15)20(26)27)10-13-4-5-14-12-22-24(17(14)9-13)19-3-1-2-8-28-19/h4-7,9,11-12,19H,1-3,8,10H2,(H,26,27)(H,21,23,25). The van der Waals surface area contributed by atoms with Gasteiger partial charge in [-0.05, 0) is 43.0 Å². The number of hydrogen-bond donors (Lipinski definition) is 2. The summed E-state index contributed by atoms with van der Waals surface area (Å²) in [5.74, 6) is -1.37. The molecule has 1 fully saturated rings. The Morgan fingerprint density at radius 1 is 1.25 bits per heavy atom. The normalized spacial score (nSPS) is 16.8. The lowest BCUT2D eigenvalue weighted by atomic mass is 10.1. The predicted octanol–water partition coefficient (Wildman–Crippen LogP) is 3.01. The summed E-state index contributed by atoms with van der Waals surface area (Å²) in [7, 11) is 0. The Morgan fingerprint density at radius 2 is 2.14 bits per heavy atom. The molecule has 1 saturated heterocycles. The van der Waals surface area contributed by atoms with Gasteiger partial charge in [-0.3, -0.25) is 4.79 Å². The van der Waals surface area contributed by atoms with Crippen LogP contribution in [0.25, 0.3) is 10.9 Å². The molecule has 1 aliphatic rings. The minimum absolute atomic E-state index is 0.0680. The number of nitrogens with zero attached hydrogens (tertiary/aromatic N) is 3. The first-order valence-electron chi connectivity index (χ1n) is 9.17. The average Bonchev–Trinajstić information content (AvgIpc) is 3.12. The Morgan fingerprint density at radius 3 is 2.93 bits per heavy atom. The number of nitrogens with one attached hydrogen (secondary N) is 1. The number of anilines is 1. The monoisotopic (exact) mass is 380 g/mol. The highest BCUT2D eigenvalue weighted by Crippen LogP contribution is 2.26. The van der Waals surface area contributed by atoms with Gasteiger partial charge in [0, 0.05) is 23.9 Å². The van der Waals surface area contributed by atoms with Gasteiger partial charge < -0.3 is 15.2 Å². The van der Waals surface area contributed by atoms with Gasteiger partial charge in [-0.1, -0.05) is 12.1 Å². The molecule has 144 valence electrons. The molecule has 1 unspecified atom stereocenters. The molecule has 0 aliphatic carbocycles. The van der Waals surface area contributed by atoms with E-state index >= 15 is 0 Å². The van der Waals surface area contributed by atoms with E-state index in [1.807, 2.05) is 29.1 Å². The van der Waals surface area contributed by atoms with Gasteiger partial charge >= 0.3 is 5.97 Å². The first-order chi connectivity index (χ1) is 13.6. The summed E-state index contributed by atoms with van der Waals surface area (Å²) < 4.78 is 7.72. The molecule has 4 rings (SSSR count). The first-order valence-corrected chi connectivity index (χ1v) is 9.17. The molecular weight excluding hydrogens is 360 g/mol. The molecule has 8 nitrogen and oxygen atoms in total. The van der Waals surface area contributed by atoms with E-state index in [-0.39, 0.29) is 24.2 Å². The quantitative estimate of drug-likeness (QED) is 0.705. The molecule has 3 heterocycles. The van der Waals surface area contributed by atoms with Gasteiger partial charge in [-0.2, -0.15) is 5.10 Å². The van der Waals surface area contributed by atoms with Crippen molar-refractivity contribution in [3.63, 3.8) is 0 Å². The molecule has 1 aliphatic heterocycles. The number of benzene rings is 1. The highest BCUT2D eigenvalue weighted by atomic mass is 16.5. The molecule has 28 heavy (non-hydrogen) atoms. The number of carboxylic acid groups (broad SMARTS) is 1. The van der Waals surface area contributed by atoms with Crippen LogP contribution in [0.15, 0.2) is 42.7 Å². The summed E-state index contributed by atoms with van der Waals surface area (Å²) in [6.07, 6.45) is 6.36. The second-order valence-corrected chi connectivity index (χ2v) is 6.76. The van der Waals surface area contributed by atoms with E-state index in [0.717, 1.165) is 42.3 Å². The lowest BCUT2D eigenvalue weighted by Gasteiger charge is -2.23. The molecule has 8 heteroatoms. The molecule has 2 N–H and O–H groups in total. The summed E-state index contributed by atoms with van der Waals surface area (Å²) in [4.78, 5) is 27.1. The first kappa shape index (κ1) is 18.1. The summed E-state index contributed by atoms with van der Waals surface area (Å²) in [5.41, 5.74) is 2.07. The van der Waals surface area contributed by atoms with Crippen LogP contribution in [-0.4, -0.2) is 38.4 Å². The Labute approximate surface area is 161 Å². The number of aromatic nitrogens is 3. The van der Waals surface area contributed by atoms with Crippen LogP contribution < -0.4 is 5.32 Å². The van der Waals surface area contributed by atoms with Crippen molar-refractivity contribution in [2.45, 2.75) is 31.9 Å². The lowest BCUT2D eigenvalue weighted by molar-refractivity contribution is -0.115. The molecule has 0 saturated carbocycles. The molecule has 1 amide bonds. The SMILES string of the molecule is O=C(Cc1ccc2cnn(C3CCCCO3)c2c1)Nc1ccnc(C(=O)O)c1. The maximum Gasteiger partial charge on any atom is 0.354 e. The third-order valence-corrected chi connectivity index (χ3v) is 4.72. The summed E-state index contributed by atoms with van der Waals surface area (Å²) in [5, 5.41) is 17.2. The number of aromatic carboxylic acids is 1. The molecule has 0 spiro atoms. The predicted molar refractivity (Wildman–Crippen MR) is 102 cm³/mol. The number of carbonyl (C=O) groups is 2. The Bertz CT molecular complexity index is 1020. The number of rotatable bonds is 5. The number of carboxylic acids is 1. The Balaban J connectivity index is 1.50. The smallest absolute Gasteiger partial charge is 0.354 e. The largest absolute Gasteiger partial charge is 0.477 e. The molecular formula is C20H20N4O4. The van der Waals surface area contributed by atoms with E-state index < -0.39 is 5.97 Å². The number of amides is 1. The molecule has 0 radical (unpaired) electrons. The van der Waals surface area contributed by atoms with Crippen LogP contribution in [0.2, 0.25) is 0 Å². The Kier molecular flexibility index (Phi) is 5.03. The lowest BCUT2D eigenvalue weighted by Crippen LogP contribution is -2.19. The van der Waals surface area contributed by atoms with Crippen LogP contribution in [-0.2, 0) is 16.0 Å². The third kappa shape index (κ3) is 3.86. The molecule has 0 bridgehead atoms. The highest BCUT2D eigenvalue weighted by Gasteiger charge is 2.19. The Hall–Kier alpha value is -3.26. The zero-order chi connectivity index (χ0) is 19.5. The third-order valence-electron chi connectivity index (χ3n) is 4.72. The van der Waals surface area contributed by atoms with Crippen LogP contribution in [0.5, 0.6) is 0 Å². The fourth-order valence-corrected chi connectivity index (χ4v) is 3.36. The van der Waals surface area contributed by atoms with Gasteiger partial charge in [0.25, 0.3) is 0 Å². The highest BCUT2D eigenvalue weighted by molar-refractivity contribution is 5.94. The van der Waals surface area contributed by atoms with Gasteiger partial charge in [0.05, 0.1) is 18.1 Å². The number of fused-ring (bicyclic) bond motifs is 1. The molecule has 2 aromatic heterocycles. The van der Waals surface area contributed by atoms with E-state index in [1.165, 1.54) is 12.3 Å². The molecule has 1 atom stereocenters. The van der Waals surface area contributed by atoms with E-state index in [2.05, 4.69) is 15.4 Å².